The van der Waals surface area contributed by atoms with E-state index in [-0.39, 0.29) is 17.8 Å². The van der Waals surface area contributed by atoms with Gasteiger partial charge in [0.2, 0.25) is 0 Å². The normalized spacial score (nSPS) is 10.4. The fourth-order valence-corrected chi connectivity index (χ4v) is 2.36. The van der Waals surface area contributed by atoms with Crippen LogP contribution in [-0.4, -0.2) is 25.6 Å². The number of primary amides is 1. The van der Waals surface area contributed by atoms with Crippen molar-refractivity contribution in [2.45, 2.75) is 6.54 Å². The van der Waals surface area contributed by atoms with E-state index >= 15 is 0 Å². The molecule has 1 amide bonds. The van der Waals surface area contributed by atoms with Crippen LogP contribution in [0.15, 0.2) is 54.9 Å². The van der Waals surface area contributed by atoms with Crippen LogP contribution in [0.1, 0.15) is 16.2 Å². The molecule has 9 nitrogen and oxygen atoms in total. The number of hydrogen-bond donors (Lipinski definition) is 2. The third-order valence-electron chi connectivity index (χ3n) is 3.57. The van der Waals surface area contributed by atoms with E-state index in [1.165, 1.54) is 12.1 Å². The van der Waals surface area contributed by atoms with E-state index in [9.17, 15) is 14.9 Å². The van der Waals surface area contributed by atoms with Gasteiger partial charge in [-0.3, -0.25) is 19.5 Å². The number of nitrogens with two attached hydrogens (primary N) is 1. The number of hydrogen-bond acceptors (Lipinski definition) is 6. The number of non-ortho nitro benzene ring substituents is 1. The number of amides is 1. The highest BCUT2D eigenvalue weighted by molar-refractivity contribution is 5.99. The number of anilines is 1. The van der Waals surface area contributed by atoms with Crippen LogP contribution in [0.2, 0.25) is 0 Å². The highest BCUT2D eigenvalue weighted by Gasteiger charge is 2.15. The average Bonchev–Trinajstić information content (AvgIpc) is 3.09. The summed E-state index contributed by atoms with van der Waals surface area (Å²) in [6.07, 6.45) is 1.58. The zero-order valence-electron chi connectivity index (χ0n) is 13.0. The van der Waals surface area contributed by atoms with Crippen LogP contribution in [0.3, 0.4) is 0 Å². The minimum Gasteiger partial charge on any atom is -0.377 e. The summed E-state index contributed by atoms with van der Waals surface area (Å²) in [5.74, 6) is -0.143. The summed E-state index contributed by atoms with van der Waals surface area (Å²) < 4.78 is 1.79. The molecule has 3 aromatic rings. The number of nitro groups is 1. The number of rotatable bonds is 6. The van der Waals surface area contributed by atoms with Gasteiger partial charge in [-0.1, -0.05) is 18.2 Å². The van der Waals surface area contributed by atoms with Crippen molar-refractivity contribution in [3.8, 4) is 5.69 Å². The maximum Gasteiger partial charge on any atom is 0.270 e. The first kappa shape index (κ1) is 16.1. The van der Waals surface area contributed by atoms with Gasteiger partial charge in [-0.05, 0) is 18.2 Å². The Balaban J connectivity index is 1.85. The van der Waals surface area contributed by atoms with Gasteiger partial charge >= 0.3 is 0 Å². The van der Waals surface area contributed by atoms with Gasteiger partial charge < -0.3 is 11.1 Å². The van der Waals surface area contributed by atoms with E-state index < -0.39 is 10.8 Å². The molecule has 0 aliphatic carbocycles. The number of nitrogens with one attached hydrogen (secondary N) is 1. The summed E-state index contributed by atoms with van der Waals surface area (Å²) in [6.45, 7) is 0.257. The third kappa shape index (κ3) is 3.44. The maximum absolute atomic E-state index is 11.6. The van der Waals surface area contributed by atoms with E-state index in [1.807, 2.05) is 30.3 Å². The molecule has 126 valence electrons. The molecule has 25 heavy (non-hydrogen) atoms. The van der Waals surface area contributed by atoms with Gasteiger partial charge in [0.1, 0.15) is 6.33 Å². The first-order valence-electron chi connectivity index (χ1n) is 7.32. The molecule has 0 aliphatic rings. The molecule has 0 saturated heterocycles. The van der Waals surface area contributed by atoms with Crippen LogP contribution in [0, 0.1) is 10.1 Å². The van der Waals surface area contributed by atoms with E-state index in [1.54, 1.807) is 10.9 Å². The lowest BCUT2D eigenvalue weighted by atomic mass is 10.1. The van der Waals surface area contributed by atoms with Crippen molar-refractivity contribution in [2.75, 3.05) is 5.32 Å². The molecule has 9 heteroatoms. The van der Waals surface area contributed by atoms with Gasteiger partial charge in [-0.2, -0.15) is 0 Å². The number of benzene rings is 2. The number of carbonyl (C=O) groups is 1. The van der Waals surface area contributed by atoms with E-state index in [0.29, 0.717) is 11.5 Å². The Labute approximate surface area is 142 Å². The predicted molar refractivity (Wildman–Crippen MR) is 90.3 cm³/mol. The summed E-state index contributed by atoms with van der Waals surface area (Å²) in [5.41, 5.74) is 6.44. The molecule has 2 aromatic carbocycles. The number of nitro benzene ring substituents is 1. The van der Waals surface area contributed by atoms with Crippen LogP contribution in [0.25, 0.3) is 5.69 Å². The van der Waals surface area contributed by atoms with E-state index in [4.69, 9.17) is 5.73 Å². The summed E-state index contributed by atoms with van der Waals surface area (Å²) in [5, 5.41) is 21.8. The summed E-state index contributed by atoms with van der Waals surface area (Å²) >= 11 is 0. The fourth-order valence-electron chi connectivity index (χ4n) is 2.36. The Bertz CT molecular complexity index is 923. The topological polar surface area (TPSA) is 129 Å². The molecule has 0 spiro atoms. The molecular weight excluding hydrogens is 324 g/mol. The summed E-state index contributed by atoms with van der Waals surface area (Å²) in [4.78, 5) is 21.8. The van der Waals surface area contributed by atoms with Gasteiger partial charge in [-0.25, -0.2) is 0 Å². The third-order valence-corrected chi connectivity index (χ3v) is 3.57. The largest absolute Gasteiger partial charge is 0.377 e. The molecule has 0 unspecified atom stereocenters. The van der Waals surface area contributed by atoms with Crippen LogP contribution in [0.4, 0.5) is 11.4 Å². The number of para-hydroxylation sites is 1. The lowest BCUT2D eigenvalue weighted by molar-refractivity contribution is -0.384. The highest BCUT2D eigenvalue weighted by Crippen LogP contribution is 2.22. The minimum atomic E-state index is -0.754. The smallest absolute Gasteiger partial charge is 0.270 e. The predicted octanol–water partition coefficient (Wildman–Crippen LogP) is 1.89. The zero-order valence-corrected chi connectivity index (χ0v) is 13.0. The highest BCUT2D eigenvalue weighted by atomic mass is 16.6. The van der Waals surface area contributed by atoms with Crippen molar-refractivity contribution < 1.29 is 9.72 Å². The molecule has 3 N–H and O–H groups in total. The molecule has 0 bridgehead atoms. The summed E-state index contributed by atoms with van der Waals surface area (Å²) in [7, 11) is 0. The van der Waals surface area contributed by atoms with Crippen LogP contribution in [0.5, 0.6) is 0 Å². The van der Waals surface area contributed by atoms with Gasteiger partial charge in [0.15, 0.2) is 5.82 Å². The van der Waals surface area contributed by atoms with Crippen LogP contribution < -0.4 is 11.1 Å². The molecule has 0 fully saturated rings. The lowest BCUT2D eigenvalue weighted by Gasteiger charge is -2.11. The second kappa shape index (κ2) is 6.79. The van der Waals surface area contributed by atoms with Crippen molar-refractivity contribution in [1.82, 2.24) is 14.8 Å². The SMILES string of the molecule is NC(=O)c1cc([N+](=O)[O-])ccc1NCc1nncn1-c1ccccc1. The second-order valence-electron chi connectivity index (χ2n) is 5.16. The molecule has 0 atom stereocenters. The monoisotopic (exact) mass is 338 g/mol. The van der Waals surface area contributed by atoms with Crippen molar-refractivity contribution in [2.24, 2.45) is 5.73 Å². The van der Waals surface area contributed by atoms with E-state index in [2.05, 4.69) is 15.5 Å². The average molecular weight is 338 g/mol. The van der Waals surface area contributed by atoms with Crippen LogP contribution in [-0.2, 0) is 6.54 Å². The maximum atomic E-state index is 11.6. The molecule has 1 heterocycles. The van der Waals surface area contributed by atoms with Crippen molar-refractivity contribution >= 4 is 17.3 Å². The number of carbonyl (C=O) groups excluding carboxylic acids is 1. The van der Waals surface area contributed by atoms with Gasteiger partial charge in [0, 0.05) is 23.5 Å². The Morgan fingerprint density at radius 1 is 1.24 bits per heavy atom. The molecule has 0 radical (unpaired) electrons. The minimum absolute atomic E-state index is 0.0416. The molecule has 3 rings (SSSR count). The zero-order chi connectivity index (χ0) is 17.8. The quantitative estimate of drug-likeness (QED) is 0.521. The van der Waals surface area contributed by atoms with Gasteiger partial charge in [0.05, 0.1) is 17.0 Å². The van der Waals surface area contributed by atoms with Gasteiger partial charge in [-0.15, -0.1) is 10.2 Å². The van der Waals surface area contributed by atoms with Crippen molar-refractivity contribution in [3.63, 3.8) is 0 Å². The lowest BCUT2D eigenvalue weighted by Crippen LogP contribution is -2.15. The van der Waals surface area contributed by atoms with Gasteiger partial charge in [0.25, 0.3) is 11.6 Å². The van der Waals surface area contributed by atoms with E-state index in [0.717, 1.165) is 11.8 Å². The van der Waals surface area contributed by atoms with Crippen molar-refractivity contribution in [3.05, 3.63) is 76.4 Å². The molecular formula is C16H14N6O3. The fraction of sp³-hybridized carbons (Fsp3) is 0.0625. The standard InChI is InChI=1S/C16H14N6O3/c17-16(23)13-8-12(22(24)25)6-7-14(13)18-9-15-20-19-10-21(15)11-4-2-1-3-5-11/h1-8,10,18H,9H2,(H2,17,23). The molecule has 1 aromatic heterocycles. The second-order valence-corrected chi connectivity index (χ2v) is 5.16. The summed E-state index contributed by atoms with van der Waals surface area (Å²) in [6, 6.07) is 13.4. The Morgan fingerprint density at radius 3 is 2.68 bits per heavy atom. The first-order valence-corrected chi connectivity index (χ1v) is 7.32. The Kier molecular flexibility index (Phi) is 4.38. The number of aromatic nitrogens is 3. The van der Waals surface area contributed by atoms with Crippen LogP contribution >= 0.6 is 0 Å². The Hall–Kier alpha value is -3.75. The first-order chi connectivity index (χ1) is 12.1. The molecule has 0 saturated carbocycles. The molecule has 0 aliphatic heterocycles. The number of nitrogens with zero attached hydrogens (tertiary/aromatic N) is 4. The Morgan fingerprint density at radius 2 is 2.00 bits per heavy atom. The van der Waals surface area contributed by atoms with Crippen molar-refractivity contribution in [1.29, 1.82) is 0 Å².